The second-order valence-electron chi connectivity index (χ2n) is 7.73. The van der Waals surface area contributed by atoms with E-state index in [9.17, 15) is 9.59 Å². The van der Waals surface area contributed by atoms with Crippen LogP contribution < -0.4 is 5.56 Å². The van der Waals surface area contributed by atoms with Crippen molar-refractivity contribution in [3.8, 4) is 0 Å². The van der Waals surface area contributed by atoms with Crippen molar-refractivity contribution in [3.63, 3.8) is 0 Å². The molecular formula is C20H27N3O4S2. The standard InChI is InChI=1S/C20H27N3O4S2/c1-11-12(2)29-18-16(11)17(24)21-15(22-18)10-28-13(3)19(25)23-6-4-5-14(9-23)20-26-7-8-27-20/h13-14,20H,4-10H2,1-3H3,(H,21,22,24). The Morgan fingerprint density at radius 3 is 2.90 bits per heavy atom. The van der Waals surface area contributed by atoms with Gasteiger partial charge in [-0.1, -0.05) is 0 Å². The Morgan fingerprint density at radius 2 is 2.14 bits per heavy atom. The van der Waals surface area contributed by atoms with Crippen LogP contribution in [0.3, 0.4) is 0 Å². The molecule has 2 saturated heterocycles. The molecule has 4 rings (SSSR count). The van der Waals surface area contributed by atoms with Crippen LogP contribution in [0.25, 0.3) is 10.2 Å². The molecular weight excluding hydrogens is 410 g/mol. The number of aromatic amines is 1. The molecule has 2 aromatic rings. The Labute approximate surface area is 178 Å². The molecule has 9 heteroatoms. The van der Waals surface area contributed by atoms with E-state index in [1.807, 2.05) is 25.7 Å². The van der Waals surface area contributed by atoms with Gasteiger partial charge in [-0.15, -0.1) is 23.1 Å². The number of nitrogens with zero attached hydrogens (tertiary/aromatic N) is 2. The monoisotopic (exact) mass is 437 g/mol. The molecule has 2 aliphatic heterocycles. The van der Waals surface area contributed by atoms with Gasteiger partial charge >= 0.3 is 0 Å². The Kier molecular flexibility index (Phi) is 6.29. The minimum Gasteiger partial charge on any atom is -0.350 e. The molecule has 4 heterocycles. The summed E-state index contributed by atoms with van der Waals surface area (Å²) in [4.78, 5) is 36.7. The van der Waals surface area contributed by atoms with Gasteiger partial charge in [-0.05, 0) is 39.2 Å². The molecule has 2 atom stereocenters. The quantitative estimate of drug-likeness (QED) is 0.774. The van der Waals surface area contributed by atoms with E-state index in [4.69, 9.17) is 9.47 Å². The fraction of sp³-hybridized carbons (Fsp3) is 0.650. The summed E-state index contributed by atoms with van der Waals surface area (Å²) < 4.78 is 11.3. The van der Waals surface area contributed by atoms with Gasteiger partial charge in [0.1, 0.15) is 10.7 Å². The van der Waals surface area contributed by atoms with Crippen LogP contribution >= 0.6 is 23.1 Å². The van der Waals surface area contributed by atoms with E-state index in [-0.39, 0.29) is 28.9 Å². The molecule has 0 aromatic carbocycles. The minimum absolute atomic E-state index is 0.0955. The maximum absolute atomic E-state index is 12.9. The van der Waals surface area contributed by atoms with Crippen molar-refractivity contribution in [1.82, 2.24) is 14.9 Å². The second-order valence-corrected chi connectivity index (χ2v) is 10.3. The SMILES string of the molecule is Cc1sc2nc(CSC(C)C(=O)N3CCCC(C4OCCO4)C3)[nH]c(=O)c2c1C. The van der Waals surface area contributed by atoms with E-state index >= 15 is 0 Å². The summed E-state index contributed by atoms with van der Waals surface area (Å²) in [6.07, 6.45) is 1.83. The van der Waals surface area contributed by atoms with Crippen LogP contribution in [0.2, 0.25) is 0 Å². The molecule has 1 N–H and O–H groups in total. The number of carbonyl (C=O) groups is 1. The lowest BCUT2D eigenvalue weighted by molar-refractivity contribution is -0.138. The number of aromatic nitrogens is 2. The molecule has 0 bridgehead atoms. The maximum Gasteiger partial charge on any atom is 0.259 e. The van der Waals surface area contributed by atoms with E-state index in [2.05, 4.69) is 9.97 Å². The summed E-state index contributed by atoms with van der Waals surface area (Å²) in [6, 6.07) is 0. The molecule has 2 unspecified atom stereocenters. The first-order valence-corrected chi connectivity index (χ1v) is 11.9. The van der Waals surface area contributed by atoms with Crippen LogP contribution in [0, 0.1) is 19.8 Å². The summed E-state index contributed by atoms with van der Waals surface area (Å²) in [5.41, 5.74) is 0.901. The lowest BCUT2D eigenvalue weighted by Gasteiger charge is -2.35. The number of piperidine rings is 1. The summed E-state index contributed by atoms with van der Waals surface area (Å²) in [6.45, 7) is 8.62. The molecule has 1 amide bonds. The average Bonchev–Trinajstić information content (AvgIpc) is 3.34. The number of H-pyrrole nitrogens is 1. The number of nitrogens with one attached hydrogen (secondary N) is 1. The summed E-state index contributed by atoms with van der Waals surface area (Å²) >= 11 is 3.05. The zero-order valence-electron chi connectivity index (χ0n) is 17.0. The highest BCUT2D eigenvalue weighted by Crippen LogP contribution is 2.28. The number of likely N-dealkylation sites (tertiary alicyclic amines) is 1. The van der Waals surface area contributed by atoms with E-state index in [1.54, 1.807) is 11.3 Å². The van der Waals surface area contributed by atoms with E-state index in [1.165, 1.54) is 11.8 Å². The van der Waals surface area contributed by atoms with Crippen molar-refractivity contribution in [2.75, 3.05) is 26.3 Å². The molecule has 2 aliphatic rings. The second kappa shape index (κ2) is 8.75. The number of amides is 1. The third-order valence-electron chi connectivity index (χ3n) is 5.71. The number of hydrogen-bond donors (Lipinski definition) is 1. The number of thioether (sulfide) groups is 1. The zero-order valence-corrected chi connectivity index (χ0v) is 18.7. The molecule has 7 nitrogen and oxygen atoms in total. The van der Waals surface area contributed by atoms with E-state index in [0.29, 0.717) is 36.7 Å². The first-order valence-electron chi connectivity index (χ1n) is 10.1. The number of rotatable bonds is 5. The van der Waals surface area contributed by atoms with Gasteiger partial charge < -0.3 is 19.4 Å². The predicted octanol–water partition coefficient (Wildman–Crippen LogP) is 2.83. The van der Waals surface area contributed by atoms with Crippen LogP contribution in [-0.4, -0.2) is 58.6 Å². The Morgan fingerprint density at radius 1 is 1.38 bits per heavy atom. The van der Waals surface area contributed by atoms with Crippen molar-refractivity contribution in [1.29, 1.82) is 0 Å². The normalized spacial score (nSPS) is 21.8. The van der Waals surface area contributed by atoms with E-state index < -0.39 is 0 Å². The molecule has 2 fully saturated rings. The van der Waals surface area contributed by atoms with Gasteiger partial charge in [0.2, 0.25) is 5.91 Å². The molecule has 158 valence electrons. The number of thiophene rings is 1. The van der Waals surface area contributed by atoms with Crippen LogP contribution in [-0.2, 0) is 20.0 Å². The smallest absolute Gasteiger partial charge is 0.259 e. The van der Waals surface area contributed by atoms with Gasteiger partial charge in [0.25, 0.3) is 5.56 Å². The van der Waals surface area contributed by atoms with Crippen molar-refractivity contribution >= 4 is 39.2 Å². The number of carbonyl (C=O) groups excluding carboxylic acids is 1. The van der Waals surface area contributed by atoms with Crippen LogP contribution in [0.15, 0.2) is 4.79 Å². The van der Waals surface area contributed by atoms with Gasteiger partial charge in [0.05, 0.1) is 29.6 Å². The minimum atomic E-state index is -0.202. The Balaban J connectivity index is 1.37. The van der Waals surface area contributed by atoms with Gasteiger partial charge in [-0.3, -0.25) is 9.59 Å². The Bertz CT molecular complexity index is 951. The summed E-state index contributed by atoms with van der Waals surface area (Å²) in [5.74, 6) is 1.50. The zero-order chi connectivity index (χ0) is 20.5. The third kappa shape index (κ3) is 4.38. The van der Waals surface area contributed by atoms with Gasteiger partial charge in [-0.25, -0.2) is 4.98 Å². The number of fused-ring (bicyclic) bond motifs is 1. The number of aryl methyl sites for hydroxylation is 2. The van der Waals surface area contributed by atoms with Crippen molar-refractivity contribution in [3.05, 3.63) is 26.6 Å². The molecule has 0 spiro atoms. The highest BCUT2D eigenvalue weighted by Gasteiger charge is 2.34. The van der Waals surface area contributed by atoms with Gasteiger partial charge in [-0.2, -0.15) is 0 Å². The van der Waals surface area contributed by atoms with Crippen molar-refractivity contribution in [2.45, 2.75) is 50.9 Å². The third-order valence-corrected chi connectivity index (χ3v) is 7.95. The largest absolute Gasteiger partial charge is 0.350 e. The number of ether oxygens (including phenoxy) is 2. The predicted molar refractivity (Wildman–Crippen MR) is 115 cm³/mol. The van der Waals surface area contributed by atoms with Crippen LogP contribution in [0.5, 0.6) is 0 Å². The van der Waals surface area contributed by atoms with Gasteiger partial charge in [0.15, 0.2) is 6.29 Å². The van der Waals surface area contributed by atoms with Crippen molar-refractivity contribution < 1.29 is 14.3 Å². The summed E-state index contributed by atoms with van der Waals surface area (Å²) in [7, 11) is 0. The van der Waals surface area contributed by atoms with Crippen molar-refractivity contribution in [2.24, 2.45) is 5.92 Å². The van der Waals surface area contributed by atoms with E-state index in [0.717, 1.165) is 34.7 Å². The fourth-order valence-electron chi connectivity index (χ4n) is 3.98. The summed E-state index contributed by atoms with van der Waals surface area (Å²) in [5, 5.41) is 0.480. The lowest BCUT2D eigenvalue weighted by atomic mass is 9.97. The fourth-order valence-corrected chi connectivity index (χ4v) is 5.87. The highest BCUT2D eigenvalue weighted by atomic mass is 32.2. The lowest BCUT2D eigenvalue weighted by Crippen LogP contribution is -2.46. The molecule has 0 aliphatic carbocycles. The average molecular weight is 438 g/mol. The van der Waals surface area contributed by atoms with Crippen LogP contribution in [0.4, 0.5) is 0 Å². The molecule has 2 aromatic heterocycles. The molecule has 0 radical (unpaired) electrons. The Hall–Kier alpha value is -1.42. The van der Waals surface area contributed by atoms with Crippen LogP contribution in [0.1, 0.15) is 36.0 Å². The molecule has 29 heavy (non-hydrogen) atoms. The van der Waals surface area contributed by atoms with Gasteiger partial charge in [0, 0.05) is 23.9 Å². The highest BCUT2D eigenvalue weighted by molar-refractivity contribution is 7.99. The molecule has 0 saturated carbocycles. The maximum atomic E-state index is 12.9. The first-order chi connectivity index (χ1) is 13.9. The number of hydrogen-bond acceptors (Lipinski definition) is 7. The first kappa shape index (κ1) is 20.8. The topological polar surface area (TPSA) is 84.5 Å².